The summed E-state index contributed by atoms with van der Waals surface area (Å²) in [5, 5.41) is 7.76. The highest BCUT2D eigenvalue weighted by Crippen LogP contribution is 2.25. The average Bonchev–Trinajstić information content (AvgIpc) is 3.05. The van der Waals surface area contributed by atoms with Crippen LogP contribution in [-0.4, -0.2) is 28.3 Å². The van der Waals surface area contributed by atoms with E-state index in [9.17, 15) is 9.59 Å². The largest absolute Gasteiger partial charge is 0.462 e. The molecule has 7 nitrogen and oxygen atoms in total. The third-order valence-corrected chi connectivity index (χ3v) is 4.76. The fourth-order valence-electron chi connectivity index (χ4n) is 3.11. The van der Waals surface area contributed by atoms with E-state index in [0.29, 0.717) is 40.0 Å². The molecule has 1 aromatic heterocycles. The van der Waals surface area contributed by atoms with Gasteiger partial charge in [-0.15, -0.1) is 0 Å². The predicted molar refractivity (Wildman–Crippen MR) is 119 cm³/mol. The average molecular weight is 442 g/mol. The first kappa shape index (κ1) is 22.4. The number of nitrogens with one attached hydrogen (secondary N) is 1. The van der Waals surface area contributed by atoms with E-state index in [-0.39, 0.29) is 18.9 Å². The summed E-state index contributed by atoms with van der Waals surface area (Å²) in [7, 11) is 1.68. The Morgan fingerprint density at radius 1 is 1.10 bits per heavy atom. The number of anilines is 1. The van der Waals surface area contributed by atoms with Crippen LogP contribution < -0.4 is 10.1 Å². The van der Waals surface area contributed by atoms with E-state index in [2.05, 4.69) is 10.4 Å². The van der Waals surface area contributed by atoms with Crippen molar-refractivity contribution < 1.29 is 19.1 Å². The van der Waals surface area contributed by atoms with Crippen molar-refractivity contribution in [1.29, 1.82) is 0 Å². The number of amides is 1. The number of hydrogen-bond donors (Lipinski definition) is 1. The van der Waals surface area contributed by atoms with E-state index in [4.69, 9.17) is 21.1 Å². The van der Waals surface area contributed by atoms with Crippen LogP contribution in [0, 0.1) is 0 Å². The maximum Gasteiger partial charge on any atom is 0.343 e. The number of halogens is 1. The van der Waals surface area contributed by atoms with Crippen molar-refractivity contribution in [2.75, 3.05) is 11.9 Å². The zero-order valence-corrected chi connectivity index (χ0v) is 18.4. The van der Waals surface area contributed by atoms with E-state index in [1.807, 2.05) is 25.1 Å². The summed E-state index contributed by atoms with van der Waals surface area (Å²) < 4.78 is 12.4. The minimum atomic E-state index is -0.499. The molecule has 0 saturated carbocycles. The molecule has 0 aliphatic carbocycles. The van der Waals surface area contributed by atoms with Gasteiger partial charge in [0.1, 0.15) is 22.9 Å². The topological polar surface area (TPSA) is 82.5 Å². The molecular formula is C23H24ClN3O4. The fourth-order valence-corrected chi connectivity index (χ4v) is 3.23. The highest BCUT2D eigenvalue weighted by molar-refractivity contribution is 6.30. The van der Waals surface area contributed by atoms with Crippen LogP contribution in [0.4, 0.5) is 5.82 Å². The maximum absolute atomic E-state index is 12.7. The van der Waals surface area contributed by atoms with Crippen molar-refractivity contribution in [2.45, 2.75) is 26.7 Å². The van der Waals surface area contributed by atoms with E-state index in [1.54, 1.807) is 44.3 Å². The van der Waals surface area contributed by atoms with Gasteiger partial charge in [-0.05, 0) is 55.3 Å². The third-order valence-electron chi connectivity index (χ3n) is 4.50. The minimum absolute atomic E-state index is 0.104. The summed E-state index contributed by atoms with van der Waals surface area (Å²) in [6.07, 6.45) is 0.647. The van der Waals surface area contributed by atoms with E-state index < -0.39 is 5.97 Å². The highest BCUT2D eigenvalue weighted by atomic mass is 35.5. The molecule has 31 heavy (non-hydrogen) atoms. The van der Waals surface area contributed by atoms with Crippen LogP contribution in [0.2, 0.25) is 5.02 Å². The summed E-state index contributed by atoms with van der Waals surface area (Å²) in [6.45, 7) is 3.87. The highest BCUT2D eigenvalue weighted by Gasteiger charge is 2.24. The van der Waals surface area contributed by atoms with Crippen molar-refractivity contribution in [3.63, 3.8) is 0 Å². The van der Waals surface area contributed by atoms with Crippen molar-refractivity contribution in [3.05, 3.63) is 70.4 Å². The lowest BCUT2D eigenvalue weighted by molar-refractivity contribution is -0.115. The zero-order valence-electron chi connectivity index (χ0n) is 17.6. The van der Waals surface area contributed by atoms with E-state index >= 15 is 0 Å². The van der Waals surface area contributed by atoms with Crippen LogP contribution in [0.5, 0.6) is 11.5 Å². The van der Waals surface area contributed by atoms with Crippen LogP contribution in [0.25, 0.3) is 0 Å². The molecule has 1 N–H and O–H groups in total. The van der Waals surface area contributed by atoms with Gasteiger partial charge in [-0.1, -0.05) is 30.7 Å². The first-order valence-corrected chi connectivity index (χ1v) is 10.3. The molecule has 162 valence electrons. The summed E-state index contributed by atoms with van der Waals surface area (Å²) in [5.41, 5.74) is 1.63. The van der Waals surface area contributed by atoms with Gasteiger partial charge in [0.25, 0.3) is 0 Å². The molecule has 1 heterocycles. The van der Waals surface area contributed by atoms with Crippen molar-refractivity contribution in [3.8, 4) is 11.5 Å². The molecule has 3 rings (SSSR count). The zero-order chi connectivity index (χ0) is 22.4. The lowest BCUT2D eigenvalue weighted by Crippen LogP contribution is -2.19. The lowest BCUT2D eigenvalue weighted by atomic mass is 10.1. The van der Waals surface area contributed by atoms with Gasteiger partial charge >= 0.3 is 5.97 Å². The van der Waals surface area contributed by atoms with Crippen molar-refractivity contribution >= 4 is 29.3 Å². The van der Waals surface area contributed by atoms with Gasteiger partial charge in [-0.25, -0.2) is 4.79 Å². The van der Waals surface area contributed by atoms with Crippen LogP contribution >= 0.6 is 11.6 Å². The molecular weight excluding hydrogens is 418 g/mol. The standard InChI is InChI=1S/C23H24ClN3O4/c1-4-19-21(23(29)30-5-2)22(27(3)26-19)25-20(28)14-15-7-6-8-18(13-15)31-17-11-9-16(24)10-12-17/h6-13H,4-5,14H2,1-3H3,(H,25,28). The van der Waals surface area contributed by atoms with Gasteiger partial charge in [-0.3, -0.25) is 9.48 Å². The van der Waals surface area contributed by atoms with Gasteiger partial charge in [0, 0.05) is 12.1 Å². The molecule has 0 bridgehead atoms. The van der Waals surface area contributed by atoms with Crippen LogP contribution in [0.3, 0.4) is 0 Å². The lowest BCUT2D eigenvalue weighted by Gasteiger charge is -2.10. The molecule has 0 atom stereocenters. The monoisotopic (exact) mass is 441 g/mol. The van der Waals surface area contributed by atoms with Crippen LogP contribution in [0.15, 0.2) is 48.5 Å². The summed E-state index contributed by atoms with van der Waals surface area (Å²) in [6, 6.07) is 14.3. The Bertz CT molecular complexity index is 1080. The van der Waals surface area contributed by atoms with Crippen LogP contribution in [-0.2, 0) is 29.4 Å². The maximum atomic E-state index is 12.7. The number of ether oxygens (including phenoxy) is 2. The number of benzene rings is 2. The molecule has 0 aliphatic heterocycles. The van der Waals surface area contributed by atoms with Crippen LogP contribution in [0.1, 0.15) is 35.5 Å². The summed E-state index contributed by atoms with van der Waals surface area (Å²) in [4.78, 5) is 25.1. The van der Waals surface area contributed by atoms with E-state index in [0.717, 1.165) is 5.56 Å². The molecule has 1 amide bonds. The molecule has 8 heteroatoms. The van der Waals surface area contributed by atoms with Crippen molar-refractivity contribution in [1.82, 2.24) is 9.78 Å². The number of rotatable bonds is 8. The number of esters is 1. The molecule has 0 radical (unpaired) electrons. The van der Waals surface area contributed by atoms with Gasteiger partial charge in [0.15, 0.2) is 0 Å². The second kappa shape index (κ2) is 10.1. The first-order valence-electron chi connectivity index (χ1n) is 9.96. The molecule has 2 aromatic carbocycles. The number of carbonyl (C=O) groups is 2. The third kappa shape index (κ3) is 5.64. The van der Waals surface area contributed by atoms with Gasteiger partial charge < -0.3 is 14.8 Å². The molecule has 0 aliphatic rings. The Labute approximate surface area is 185 Å². The normalized spacial score (nSPS) is 10.6. The second-order valence-electron chi connectivity index (χ2n) is 6.80. The first-order chi connectivity index (χ1) is 14.9. The smallest absolute Gasteiger partial charge is 0.343 e. The Balaban J connectivity index is 1.73. The van der Waals surface area contributed by atoms with Gasteiger partial charge in [-0.2, -0.15) is 5.10 Å². The minimum Gasteiger partial charge on any atom is -0.462 e. The molecule has 0 unspecified atom stereocenters. The Morgan fingerprint density at radius 3 is 2.52 bits per heavy atom. The molecule has 3 aromatic rings. The fraction of sp³-hybridized carbons (Fsp3) is 0.261. The molecule has 0 fully saturated rings. The molecule has 0 spiro atoms. The number of aryl methyl sites for hydroxylation is 2. The van der Waals surface area contributed by atoms with Gasteiger partial charge in [0.05, 0.1) is 18.7 Å². The van der Waals surface area contributed by atoms with Gasteiger partial charge in [0.2, 0.25) is 5.91 Å². The van der Waals surface area contributed by atoms with E-state index in [1.165, 1.54) is 4.68 Å². The Morgan fingerprint density at radius 2 is 1.84 bits per heavy atom. The SMILES string of the molecule is CCOC(=O)c1c(CC)nn(C)c1NC(=O)Cc1cccc(Oc2ccc(Cl)cc2)c1. The summed E-state index contributed by atoms with van der Waals surface area (Å²) >= 11 is 5.90. The Kier molecular flexibility index (Phi) is 7.31. The number of nitrogens with zero attached hydrogens (tertiary/aromatic N) is 2. The number of aromatic nitrogens is 2. The number of hydrogen-bond acceptors (Lipinski definition) is 5. The molecule has 0 saturated heterocycles. The Hall–Kier alpha value is -3.32. The quantitative estimate of drug-likeness (QED) is 0.508. The summed E-state index contributed by atoms with van der Waals surface area (Å²) in [5.74, 6) is 0.801. The predicted octanol–water partition coefficient (Wildman–Crippen LogP) is 4.79. The number of carbonyl (C=O) groups excluding carboxylic acids is 2. The van der Waals surface area contributed by atoms with Crippen molar-refractivity contribution in [2.24, 2.45) is 7.05 Å². The second-order valence-corrected chi connectivity index (χ2v) is 7.23.